The summed E-state index contributed by atoms with van der Waals surface area (Å²) in [7, 11) is 1.65. The van der Waals surface area contributed by atoms with Gasteiger partial charge in [0, 0.05) is 5.56 Å². The summed E-state index contributed by atoms with van der Waals surface area (Å²) in [6.07, 6.45) is 1.51. The van der Waals surface area contributed by atoms with Gasteiger partial charge in [-0.1, -0.05) is 41.9 Å². The second-order valence-electron chi connectivity index (χ2n) is 4.64. The topological polar surface area (TPSA) is 35.0 Å². The van der Waals surface area contributed by atoms with Crippen LogP contribution in [-0.2, 0) is 0 Å². The van der Waals surface area contributed by atoms with E-state index >= 15 is 0 Å². The highest BCUT2D eigenvalue weighted by Crippen LogP contribution is 2.30. The number of hydrogen-bond acceptors (Lipinski definition) is 3. The van der Waals surface area contributed by atoms with Crippen LogP contribution in [0.3, 0.4) is 0 Å². The molecular formula is C17H12Cl2N2O. The van der Waals surface area contributed by atoms with E-state index in [9.17, 15) is 0 Å². The molecular weight excluding hydrogens is 319 g/mol. The highest BCUT2D eigenvalue weighted by atomic mass is 35.5. The summed E-state index contributed by atoms with van der Waals surface area (Å²) in [5.41, 5.74) is 3.66. The molecule has 0 saturated carbocycles. The average molecular weight is 331 g/mol. The highest BCUT2D eigenvalue weighted by molar-refractivity contribution is 6.33. The zero-order chi connectivity index (χ0) is 15.5. The molecule has 22 heavy (non-hydrogen) atoms. The molecule has 1 heterocycles. The van der Waals surface area contributed by atoms with Crippen molar-refractivity contribution in [1.29, 1.82) is 0 Å². The van der Waals surface area contributed by atoms with Crippen molar-refractivity contribution in [1.82, 2.24) is 9.97 Å². The minimum Gasteiger partial charge on any atom is -0.497 e. The molecule has 3 aromatic rings. The van der Waals surface area contributed by atoms with Gasteiger partial charge in [0.2, 0.25) is 5.28 Å². The molecule has 110 valence electrons. The van der Waals surface area contributed by atoms with Crippen molar-refractivity contribution in [2.45, 2.75) is 0 Å². The van der Waals surface area contributed by atoms with Gasteiger partial charge in [-0.15, -0.1) is 0 Å². The molecule has 0 aliphatic rings. The Morgan fingerprint density at radius 3 is 2.36 bits per heavy atom. The number of methoxy groups -OCH3 is 1. The molecule has 0 N–H and O–H groups in total. The number of halogens is 2. The lowest BCUT2D eigenvalue weighted by molar-refractivity contribution is 0.415. The SMILES string of the molecule is COc1ccc(-c2cccc(-c3nc(Cl)ncc3Cl)c2)cc1. The van der Waals surface area contributed by atoms with E-state index in [1.54, 1.807) is 7.11 Å². The lowest BCUT2D eigenvalue weighted by Crippen LogP contribution is -1.89. The number of hydrogen-bond donors (Lipinski definition) is 0. The maximum Gasteiger partial charge on any atom is 0.222 e. The minimum absolute atomic E-state index is 0.175. The van der Waals surface area contributed by atoms with Gasteiger partial charge < -0.3 is 4.74 Å². The van der Waals surface area contributed by atoms with Crippen LogP contribution in [0.15, 0.2) is 54.7 Å². The second kappa shape index (κ2) is 6.34. The number of ether oxygens (including phenoxy) is 1. The van der Waals surface area contributed by atoms with Crippen molar-refractivity contribution in [2.24, 2.45) is 0 Å². The minimum atomic E-state index is 0.175. The van der Waals surface area contributed by atoms with E-state index in [0.717, 1.165) is 22.4 Å². The van der Waals surface area contributed by atoms with Crippen LogP contribution in [0.2, 0.25) is 10.3 Å². The first-order valence-corrected chi connectivity index (χ1v) is 7.36. The van der Waals surface area contributed by atoms with Gasteiger partial charge in [0.05, 0.1) is 24.0 Å². The quantitative estimate of drug-likeness (QED) is 0.624. The molecule has 3 nitrogen and oxygen atoms in total. The molecule has 0 fully saturated rings. The largest absolute Gasteiger partial charge is 0.497 e. The van der Waals surface area contributed by atoms with Crippen LogP contribution in [0.5, 0.6) is 5.75 Å². The smallest absolute Gasteiger partial charge is 0.222 e. The standard InChI is InChI=1S/C17H12Cl2N2O/c1-22-14-7-5-11(6-8-14)12-3-2-4-13(9-12)16-15(18)10-20-17(19)21-16/h2-10H,1H3. The van der Waals surface area contributed by atoms with Crippen molar-refractivity contribution in [3.63, 3.8) is 0 Å². The van der Waals surface area contributed by atoms with Crippen LogP contribution in [0.25, 0.3) is 22.4 Å². The van der Waals surface area contributed by atoms with Crippen molar-refractivity contribution in [2.75, 3.05) is 7.11 Å². The third-order valence-corrected chi connectivity index (χ3v) is 3.73. The molecule has 0 spiro atoms. The van der Waals surface area contributed by atoms with E-state index in [1.807, 2.05) is 48.5 Å². The van der Waals surface area contributed by atoms with Crippen LogP contribution in [0.4, 0.5) is 0 Å². The zero-order valence-electron chi connectivity index (χ0n) is 11.8. The zero-order valence-corrected chi connectivity index (χ0v) is 13.3. The van der Waals surface area contributed by atoms with Gasteiger partial charge in [0.1, 0.15) is 5.75 Å². The Balaban J connectivity index is 2.03. The lowest BCUT2D eigenvalue weighted by Gasteiger charge is -2.08. The van der Waals surface area contributed by atoms with Crippen molar-refractivity contribution < 1.29 is 4.74 Å². The molecule has 0 amide bonds. The summed E-state index contributed by atoms with van der Waals surface area (Å²) in [6.45, 7) is 0. The van der Waals surface area contributed by atoms with Crippen LogP contribution in [-0.4, -0.2) is 17.1 Å². The molecule has 0 bridgehead atoms. The van der Waals surface area contributed by atoms with E-state index in [4.69, 9.17) is 27.9 Å². The molecule has 0 unspecified atom stereocenters. The summed E-state index contributed by atoms with van der Waals surface area (Å²) in [6, 6.07) is 15.8. The first-order valence-electron chi connectivity index (χ1n) is 6.60. The number of nitrogens with zero attached hydrogens (tertiary/aromatic N) is 2. The van der Waals surface area contributed by atoms with Crippen molar-refractivity contribution in [3.8, 4) is 28.1 Å². The fourth-order valence-corrected chi connectivity index (χ4v) is 2.51. The van der Waals surface area contributed by atoms with E-state index in [0.29, 0.717) is 10.7 Å². The molecule has 3 rings (SSSR count). The molecule has 0 aliphatic heterocycles. The van der Waals surface area contributed by atoms with E-state index in [1.165, 1.54) is 6.20 Å². The fraction of sp³-hybridized carbons (Fsp3) is 0.0588. The first-order chi connectivity index (χ1) is 10.7. The van der Waals surface area contributed by atoms with Gasteiger partial charge >= 0.3 is 0 Å². The normalized spacial score (nSPS) is 10.5. The lowest BCUT2D eigenvalue weighted by atomic mass is 10.0. The van der Waals surface area contributed by atoms with Crippen molar-refractivity contribution in [3.05, 3.63) is 65.0 Å². The van der Waals surface area contributed by atoms with Gasteiger partial charge in [0.25, 0.3) is 0 Å². The van der Waals surface area contributed by atoms with E-state index in [2.05, 4.69) is 9.97 Å². The summed E-state index contributed by atoms with van der Waals surface area (Å²) in [4.78, 5) is 8.08. The Morgan fingerprint density at radius 1 is 0.909 bits per heavy atom. The molecule has 0 aliphatic carbocycles. The van der Waals surface area contributed by atoms with Crippen LogP contribution in [0.1, 0.15) is 0 Å². The second-order valence-corrected chi connectivity index (χ2v) is 5.39. The van der Waals surface area contributed by atoms with Crippen LogP contribution >= 0.6 is 23.2 Å². The molecule has 0 radical (unpaired) electrons. The first kappa shape index (κ1) is 14.8. The Kier molecular flexibility index (Phi) is 4.27. The average Bonchev–Trinajstić information content (AvgIpc) is 2.57. The predicted octanol–water partition coefficient (Wildman–Crippen LogP) is 5.13. The Labute approximate surface area is 138 Å². The molecule has 0 saturated heterocycles. The summed E-state index contributed by atoms with van der Waals surface area (Å²) in [5.74, 6) is 0.825. The monoisotopic (exact) mass is 330 g/mol. The summed E-state index contributed by atoms with van der Waals surface area (Å²) >= 11 is 12.0. The molecule has 5 heteroatoms. The van der Waals surface area contributed by atoms with E-state index in [-0.39, 0.29) is 5.28 Å². The van der Waals surface area contributed by atoms with Crippen molar-refractivity contribution >= 4 is 23.2 Å². The van der Waals surface area contributed by atoms with E-state index < -0.39 is 0 Å². The van der Waals surface area contributed by atoms with Gasteiger partial charge in [-0.05, 0) is 40.9 Å². The number of aromatic nitrogens is 2. The summed E-state index contributed by atoms with van der Waals surface area (Å²) in [5, 5.41) is 0.644. The Hall–Kier alpha value is -2.10. The number of benzene rings is 2. The van der Waals surface area contributed by atoms with Gasteiger partial charge in [-0.25, -0.2) is 9.97 Å². The predicted molar refractivity (Wildman–Crippen MR) is 89.5 cm³/mol. The third kappa shape index (κ3) is 3.06. The fourth-order valence-electron chi connectivity index (χ4n) is 2.18. The van der Waals surface area contributed by atoms with Gasteiger partial charge in [-0.2, -0.15) is 0 Å². The summed E-state index contributed by atoms with van der Waals surface area (Å²) < 4.78 is 5.18. The number of rotatable bonds is 3. The maximum absolute atomic E-state index is 6.17. The molecule has 0 atom stereocenters. The van der Waals surface area contributed by atoms with Gasteiger partial charge in [0.15, 0.2) is 0 Å². The van der Waals surface area contributed by atoms with Crippen LogP contribution < -0.4 is 4.74 Å². The van der Waals surface area contributed by atoms with Crippen LogP contribution in [0, 0.1) is 0 Å². The highest BCUT2D eigenvalue weighted by Gasteiger charge is 2.08. The molecule has 2 aromatic carbocycles. The third-order valence-electron chi connectivity index (χ3n) is 3.27. The van der Waals surface area contributed by atoms with Gasteiger partial charge in [-0.3, -0.25) is 0 Å². The Morgan fingerprint density at radius 2 is 1.64 bits per heavy atom. The molecule has 1 aromatic heterocycles. The maximum atomic E-state index is 6.17. The Bertz CT molecular complexity index is 804.